The highest BCUT2D eigenvalue weighted by molar-refractivity contribution is 5.35. The zero-order valence-corrected chi connectivity index (χ0v) is 9.55. The molecular weight excluding hydrogens is 184 g/mol. The molecule has 0 aliphatic heterocycles. The molecule has 0 spiro atoms. The van der Waals surface area contributed by atoms with Gasteiger partial charge in [-0.1, -0.05) is 18.2 Å². The number of para-hydroxylation sites is 1. The van der Waals surface area contributed by atoms with Crippen LogP contribution in [0.4, 0.5) is 5.69 Å². The predicted molar refractivity (Wildman–Crippen MR) is 54.8 cm³/mol. The fourth-order valence-electron chi connectivity index (χ4n) is 0.453. The third-order valence-corrected chi connectivity index (χ3v) is 0.800. The monoisotopic (exact) mass is 202 g/mol. The van der Waals surface area contributed by atoms with E-state index in [0.29, 0.717) is 0 Å². The van der Waals surface area contributed by atoms with Gasteiger partial charge in [0.15, 0.2) is 0 Å². The lowest BCUT2D eigenvalue weighted by molar-refractivity contribution is -0.849. The first-order valence-electron chi connectivity index (χ1n) is 3.99. The van der Waals surface area contributed by atoms with E-state index in [2.05, 4.69) is 28.2 Å². The van der Waals surface area contributed by atoms with Crippen molar-refractivity contribution in [1.82, 2.24) is 0 Å². The van der Waals surface area contributed by atoms with E-state index in [1.807, 2.05) is 30.3 Å². The number of nitrogens with zero attached hydrogens (tertiary/aromatic N) is 1. The first kappa shape index (κ1) is 14.8. The van der Waals surface area contributed by atoms with Crippen LogP contribution in [0.1, 0.15) is 0 Å². The molecule has 1 aromatic carbocycles. The molecule has 0 aliphatic carbocycles. The molecule has 2 N–H and O–H groups in total. The number of hydrogen-bond donors (Lipinski definition) is 1. The van der Waals surface area contributed by atoms with Crippen LogP contribution in [0, 0.1) is 0 Å². The lowest BCUT2D eigenvalue weighted by Gasteiger charge is -2.14. The van der Waals surface area contributed by atoms with Crippen LogP contribution in [-0.4, -0.2) is 32.7 Å². The van der Waals surface area contributed by atoms with Crippen LogP contribution in [0.5, 0.6) is 0 Å². The van der Waals surface area contributed by atoms with Crippen LogP contribution in [0.25, 0.3) is 0 Å². The van der Waals surface area contributed by atoms with Crippen LogP contribution in [0.15, 0.2) is 30.3 Å². The number of rotatable bonds is 0. The van der Waals surface area contributed by atoms with Crippen molar-refractivity contribution in [1.29, 1.82) is 0 Å². The van der Waals surface area contributed by atoms with Gasteiger partial charge in [-0.15, -0.1) is 0 Å². The van der Waals surface area contributed by atoms with Crippen LogP contribution < -0.4 is 18.1 Å². The standard InChI is InChI=1S/C6H7N.C4H12N.ClH/c7-6-4-2-1-3-5-6;1-5(2,3)4;/h1-5H,7H2;1-4H3;1H/q;+1;/p-1. The summed E-state index contributed by atoms with van der Waals surface area (Å²) in [6, 6.07) is 9.49. The molecule has 13 heavy (non-hydrogen) atoms. The highest BCUT2D eigenvalue weighted by Crippen LogP contribution is 1.95. The third kappa shape index (κ3) is 18.3. The first-order chi connectivity index (χ1) is 5.39. The SMILES string of the molecule is C[N+](C)(C)C.Nc1ccccc1.[Cl-]. The second-order valence-corrected chi connectivity index (χ2v) is 4.09. The number of benzene rings is 1. The number of quaternary nitrogens is 1. The number of nitrogen functional groups attached to an aromatic ring is 1. The molecule has 0 fully saturated rings. The van der Waals surface area contributed by atoms with Crippen molar-refractivity contribution in [3.05, 3.63) is 30.3 Å². The summed E-state index contributed by atoms with van der Waals surface area (Å²) in [7, 11) is 8.50. The van der Waals surface area contributed by atoms with E-state index in [1.165, 1.54) is 0 Å². The highest BCUT2D eigenvalue weighted by atomic mass is 35.5. The van der Waals surface area contributed by atoms with Crippen molar-refractivity contribution in [3.8, 4) is 0 Å². The van der Waals surface area contributed by atoms with Crippen LogP contribution in [0.2, 0.25) is 0 Å². The molecule has 1 aromatic rings. The Morgan fingerprint density at radius 1 is 0.923 bits per heavy atom. The molecule has 1 rings (SSSR count). The summed E-state index contributed by atoms with van der Waals surface area (Å²) in [4.78, 5) is 0. The van der Waals surface area contributed by atoms with Crippen LogP contribution in [0.3, 0.4) is 0 Å². The fourth-order valence-corrected chi connectivity index (χ4v) is 0.453. The Bertz CT molecular complexity index is 198. The van der Waals surface area contributed by atoms with Crippen LogP contribution in [-0.2, 0) is 0 Å². The van der Waals surface area contributed by atoms with Gasteiger partial charge in [-0.2, -0.15) is 0 Å². The Kier molecular flexibility index (Phi) is 7.67. The second-order valence-electron chi connectivity index (χ2n) is 4.09. The van der Waals surface area contributed by atoms with Gasteiger partial charge in [0.25, 0.3) is 0 Å². The second kappa shape index (κ2) is 6.75. The maximum atomic E-state index is 5.36. The maximum absolute atomic E-state index is 5.36. The van der Waals surface area contributed by atoms with Crippen molar-refractivity contribution in [2.24, 2.45) is 0 Å². The Balaban J connectivity index is 0. The normalized spacial score (nSPS) is 9.23. The first-order valence-corrected chi connectivity index (χ1v) is 3.99. The van der Waals surface area contributed by atoms with Gasteiger partial charge in [-0.05, 0) is 12.1 Å². The number of nitrogens with two attached hydrogens (primary N) is 1. The van der Waals surface area contributed by atoms with Gasteiger partial charge in [-0.25, -0.2) is 0 Å². The van der Waals surface area contributed by atoms with E-state index in [0.717, 1.165) is 10.2 Å². The van der Waals surface area contributed by atoms with Crippen LogP contribution >= 0.6 is 0 Å². The molecule has 0 amide bonds. The molecule has 0 bridgehead atoms. The smallest absolute Gasteiger partial charge is 0.0675 e. The molecule has 0 atom stereocenters. The Labute approximate surface area is 87.4 Å². The van der Waals surface area contributed by atoms with Gasteiger partial charge in [0.1, 0.15) is 0 Å². The summed E-state index contributed by atoms with van der Waals surface area (Å²) in [5.74, 6) is 0. The van der Waals surface area contributed by atoms with Gasteiger partial charge in [0.05, 0.1) is 28.2 Å². The number of hydrogen-bond acceptors (Lipinski definition) is 1. The minimum atomic E-state index is 0. The van der Waals surface area contributed by atoms with Crippen molar-refractivity contribution in [2.75, 3.05) is 33.9 Å². The molecule has 0 aromatic heterocycles. The summed E-state index contributed by atoms with van der Waals surface area (Å²) >= 11 is 0. The molecule has 0 unspecified atom stereocenters. The van der Waals surface area contributed by atoms with Crippen molar-refractivity contribution < 1.29 is 16.9 Å². The Morgan fingerprint density at radius 3 is 1.38 bits per heavy atom. The zero-order valence-electron chi connectivity index (χ0n) is 8.79. The van der Waals surface area contributed by atoms with Crippen molar-refractivity contribution in [2.45, 2.75) is 0 Å². The van der Waals surface area contributed by atoms with Gasteiger partial charge in [0, 0.05) is 5.69 Å². The zero-order chi connectivity index (χ0) is 9.61. The molecule has 0 saturated carbocycles. The van der Waals surface area contributed by atoms with E-state index in [-0.39, 0.29) is 12.4 Å². The van der Waals surface area contributed by atoms with E-state index in [1.54, 1.807) is 0 Å². The Morgan fingerprint density at radius 2 is 1.23 bits per heavy atom. The summed E-state index contributed by atoms with van der Waals surface area (Å²) in [5.41, 5.74) is 6.18. The van der Waals surface area contributed by atoms with Gasteiger partial charge < -0.3 is 22.6 Å². The molecule has 76 valence electrons. The molecular formula is C10H19ClN2. The summed E-state index contributed by atoms with van der Waals surface area (Å²) < 4.78 is 1.00. The summed E-state index contributed by atoms with van der Waals surface area (Å²) in [6.45, 7) is 0. The average molecular weight is 203 g/mol. The van der Waals surface area contributed by atoms with E-state index < -0.39 is 0 Å². The number of halogens is 1. The average Bonchev–Trinajstić information content (AvgIpc) is 1.85. The third-order valence-electron chi connectivity index (χ3n) is 0.800. The fraction of sp³-hybridized carbons (Fsp3) is 0.400. The van der Waals surface area contributed by atoms with Gasteiger partial charge >= 0.3 is 0 Å². The van der Waals surface area contributed by atoms with Gasteiger partial charge in [-0.3, -0.25) is 0 Å². The molecule has 0 saturated heterocycles. The molecule has 3 heteroatoms. The molecule has 0 heterocycles. The van der Waals surface area contributed by atoms with E-state index >= 15 is 0 Å². The summed E-state index contributed by atoms with van der Waals surface area (Å²) in [6.07, 6.45) is 0. The lowest BCUT2D eigenvalue weighted by atomic mass is 10.3. The maximum Gasteiger partial charge on any atom is 0.0675 e. The quantitative estimate of drug-likeness (QED) is 0.407. The molecule has 0 aliphatic rings. The highest BCUT2D eigenvalue weighted by Gasteiger charge is 1.88. The molecule has 0 radical (unpaired) electrons. The lowest BCUT2D eigenvalue weighted by Crippen LogP contribution is -3.00. The predicted octanol–water partition coefficient (Wildman–Crippen LogP) is -1.40. The Hall–Kier alpha value is -0.730. The summed E-state index contributed by atoms with van der Waals surface area (Å²) in [5, 5.41) is 0. The van der Waals surface area contributed by atoms with E-state index in [4.69, 9.17) is 5.73 Å². The number of anilines is 1. The van der Waals surface area contributed by atoms with Crippen molar-refractivity contribution >= 4 is 5.69 Å². The largest absolute Gasteiger partial charge is 1.00 e. The minimum absolute atomic E-state index is 0. The van der Waals surface area contributed by atoms with E-state index in [9.17, 15) is 0 Å². The van der Waals surface area contributed by atoms with Crippen molar-refractivity contribution in [3.63, 3.8) is 0 Å². The minimum Gasteiger partial charge on any atom is -1.00 e. The molecule has 2 nitrogen and oxygen atoms in total. The van der Waals surface area contributed by atoms with Gasteiger partial charge in [0.2, 0.25) is 0 Å². The topological polar surface area (TPSA) is 26.0 Å².